The summed E-state index contributed by atoms with van der Waals surface area (Å²) in [5, 5.41) is 16.7. The highest BCUT2D eigenvalue weighted by Gasteiger charge is 2.17. The Morgan fingerprint density at radius 2 is 2.10 bits per heavy atom. The number of ether oxygens (including phenoxy) is 2. The third-order valence-electron chi connectivity index (χ3n) is 4.75. The molecule has 0 radical (unpaired) electrons. The summed E-state index contributed by atoms with van der Waals surface area (Å²) in [6.45, 7) is 1.81. The average molecular weight is 397 g/mol. The van der Waals surface area contributed by atoms with Gasteiger partial charge in [-0.25, -0.2) is 9.78 Å². The van der Waals surface area contributed by atoms with Crippen molar-refractivity contribution < 1.29 is 14.3 Å². The Morgan fingerprint density at radius 1 is 1.34 bits per heavy atom. The SMILES string of the molecule is COCC(NC(=O)Nc1cc(C=N)c(NC2CCOCC2)cn1)c1ccccc1. The molecule has 1 fully saturated rings. The van der Waals surface area contributed by atoms with Gasteiger partial charge in [-0.3, -0.25) is 5.32 Å². The number of carbonyl (C=O) groups is 1. The molecule has 3 rings (SSSR count). The van der Waals surface area contributed by atoms with Crippen molar-refractivity contribution in [3.8, 4) is 0 Å². The highest BCUT2D eigenvalue weighted by Crippen LogP contribution is 2.20. The van der Waals surface area contributed by atoms with E-state index in [4.69, 9.17) is 14.9 Å². The number of nitrogens with one attached hydrogen (secondary N) is 4. The molecular weight excluding hydrogens is 370 g/mol. The van der Waals surface area contributed by atoms with Crippen LogP contribution in [-0.4, -0.2) is 50.2 Å². The molecule has 1 saturated heterocycles. The lowest BCUT2D eigenvalue weighted by atomic mass is 10.1. The summed E-state index contributed by atoms with van der Waals surface area (Å²) >= 11 is 0. The number of methoxy groups -OCH3 is 1. The lowest BCUT2D eigenvalue weighted by Gasteiger charge is -2.25. The minimum Gasteiger partial charge on any atom is -0.382 e. The number of urea groups is 1. The number of amides is 2. The van der Waals surface area contributed by atoms with E-state index >= 15 is 0 Å². The van der Waals surface area contributed by atoms with Crippen LogP contribution >= 0.6 is 0 Å². The number of aromatic nitrogens is 1. The Bertz CT molecular complexity index is 809. The smallest absolute Gasteiger partial charge is 0.320 e. The summed E-state index contributed by atoms with van der Waals surface area (Å²) in [6.07, 6.45) is 4.74. The van der Waals surface area contributed by atoms with Crippen LogP contribution in [-0.2, 0) is 9.47 Å². The zero-order valence-electron chi connectivity index (χ0n) is 16.5. The van der Waals surface area contributed by atoms with Crippen molar-refractivity contribution >= 4 is 23.8 Å². The zero-order chi connectivity index (χ0) is 20.5. The van der Waals surface area contributed by atoms with Crippen LogP contribution in [0.4, 0.5) is 16.3 Å². The largest absolute Gasteiger partial charge is 0.382 e. The van der Waals surface area contributed by atoms with Crippen molar-refractivity contribution in [1.82, 2.24) is 10.3 Å². The molecule has 0 bridgehead atoms. The van der Waals surface area contributed by atoms with Crippen molar-refractivity contribution in [2.45, 2.75) is 24.9 Å². The predicted molar refractivity (Wildman–Crippen MR) is 113 cm³/mol. The van der Waals surface area contributed by atoms with E-state index in [0.29, 0.717) is 24.0 Å². The molecule has 29 heavy (non-hydrogen) atoms. The Labute approximate surface area is 170 Å². The Hall–Kier alpha value is -2.97. The maximum atomic E-state index is 12.5. The standard InChI is InChI=1S/C21H27N5O3/c1-28-14-19(15-5-3-2-4-6-15)25-21(27)26-20-11-16(12-22)18(13-23-20)24-17-7-9-29-10-8-17/h2-6,11-13,17,19,22,24H,7-10,14H2,1H3,(H2,23,25,26,27). The number of nitrogens with zero attached hydrogens (tertiary/aromatic N) is 1. The van der Waals surface area contributed by atoms with Crippen LogP contribution < -0.4 is 16.0 Å². The van der Waals surface area contributed by atoms with Gasteiger partial charge in [0.2, 0.25) is 0 Å². The van der Waals surface area contributed by atoms with Gasteiger partial charge in [0.05, 0.1) is 24.5 Å². The molecule has 0 spiro atoms. The molecule has 0 aliphatic carbocycles. The normalized spacial score (nSPS) is 15.3. The van der Waals surface area contributed by atoms with E-state index in [1.165, 1.54) is 6.21 Å². The number of benzene rings is 1. The van der Waals surface area contributed by atoms with Gasteiger partial charge in [-0.15, -0.1) is 0 Å². The second-order valence-corrected chi connectivity index (χ2v) is 6.85. The Kier molecular flexibility index (Phi) is 7.54. The first-order valence-corrected chi connectivity index (χ1v) is 9.66. The van der Waals surface area contributed by atoms with Gasteiger partial charge in [-0.05, 0) is 24.5 Å². The highest BCUT2D eigenvalue weighted by molar-refractivity contribution is 5.92. The van der Waals surface area contributed by atoms with Gasteiger partial charge in [0.25, 0.3) is 0 Å². The number of carbonyl (C=O) groups excluding carboxylic acids is 1. The topological polar surface area (TPSA) is 108 Å². The first kappa shape index (κ1) is 20.8. The molecule has 1 atom stereocenters. The molecule has 2 amide bonds. The number of pyridine rings is 1. The van der Waals surface area contributed by atoms with Gasteiger partial charge < -0.3 is 25.5 Å². The third kappa shape index (κ3) is 6.00. The summed E-state index contributed by atoms with van der Waals surface area (Å²) in [5.41, 5.74) is 2.39. The molecule has 0 saturated carbocycles. The average Bonchev–Trinajstić information content (AvgIpc) is 2.76. The van der Waals surface area contributed by atoms with Gasteiger partial charge in [-0.1, -0.05) is 30.3 Å². The second-order valence-electron chi connectivity index (χ2n) is 6.85. The van der Waals surface area contributed by atoms with Gasteiger partial charge in [0.1, 0.15) is 5.82 Å². The molecule has 1 aliphatic heterocycles. The highest BCUT2D eigenvalue weighted by atomic mass is 16.5. The monoisotopic (exact) mass is 397 g/mol. The van der Waals surface area contributed by atoms with Crippen molar-refractivity contribution in [2.24, 2.45) is 0 Å². The quantitative estimate of drug-likeness (QED) is 0.512. The number of anilines is 2. The summed E-state index contributed by atoms with van der Waals surface area (Å²) in [6, 6.07) is 10.9. The molecule has 2 heterocycles. The van der Waals surface area contributed by atoms with E-state index in [9.17, 15) is 4.79 Å². The predicted octanol–water partition coefficient (Wildman–Crippen LogP) is 3.18. The van der Waals surface area contributed by atoms with Crippen molar-refractivity contribution in [3.63, 3.8) is 0 Å². The fraction of sp³-hybridized carbons (Fsp3) is 0.381. The van der Waals surface area contributed by atoms with Crippen LogP contribution in [0.5, 0.6) is 0 Å². The molecule has 1 aliphatic rings. The first-order chi connectivity index (χ1) is 14.2. The van der Waals surface area contributed by atoms with Crippen molar-refractivity contribution in [3.05, 3.63) is 53.7 Å². The van der Waals surface area contributed by atoms with Crippen LogP contribution in [0.2, 0.25) is 0 Å². The maximum Gasteiger partial charge on any atom is 0.320 e. The van der Waals surface area contributed by atoms with Crippen LogP contribution in [0, 0.1) is 5.41 Å². The van der Waals surface area contributed by atoms with E-state index in [1.54, 1.807) is 19.4 Å². The van der Waals surface area contributed by atoms with E-state index < -0.39 is 0 Å². The molecule has 4 N–H and O–H groups in total. The van der Waals surface area contributed by atoms with Crippen LogP contribution in [0.1, 0.15) is 30.0 Å². The van der Waals surface area contributed by atoms with Gasteiger partial charge in [0.15, 0.2) is 0 Å². The molecule has 1 aromatic heterocycles. The van der Waals surface area contributed by atoms with Crippen molar-refractivity contribution in [1.29, 1.82) is 5.41 Å². The van der Waals surface area contributed by atoms with E-state index in [1.807, 2.05) is 30.3 Å². The summed E-state index contributed by atoms with van der Waals surface area (Å²) in [5.74, 6) is 0.378. The molecule has 1 unspecified atom stereocenters. The molecule has 8 heteroatoms. The van der Waals surface area contributed by atoms with E-state index in [0.717, 1.165) is 37.3 Å². The van der Waals surface area contributed by atoms with Gasteiger partial charge in [0, 0.05) is 38.1 Å². The second kappa shape index (κ2) is 10.5. The summed E-state index contributed by atoms with van der Waals surface area (Å²) < 4.78 is 10.6. The first-order valence-electron chi connectivity index (χ1n) is 9.66. The fourth-order valence-corrected chi connectivity index (χ4v) is 3.23. The molecule has 154 valence electrons. The summed E-state index contributed by atoms with van der Waals surface area (Å²) in [4.78, 5) is 16.8. The molecule has 2 aromatic rings. The molecule has 8 nitrogen and oxygen atoms in total. The minimum absolute atomic E-state index is 0.280. The van der Waals surface area contributed by atoms with E-state index in [2.05, 4.69) is 20.9 Å². The fourth-order valence-electron chi connectivity index (χ4n) is 3.23. The number of rotatable bonds is 8. The third-order valence-corrected chi connectivity index (χ3v) is 4.75. The van der Waals surface area contributed by atoms with Crippen LogP contribution in [0.3, 0.4) is 0 Å². The van der Waals surface area contributed by atoms with Crippen molar-refractivity contribution in [2.75, 3.05) is 37.6 Å². The molecular formula is C21H27N5O3. The lowest BCUT2D eigenvalue weighted by Crippen LogP contribution is -2.35. The van der Waals surface area contributed by atoms with E-state index in [-0.39, 0.29) is 12.1 Å². The number of hydrogen-bond acceptors (Lipinski definition) is 6. The zero-order valence-corrected chi connectivity index (χ0v) is 16.5. The van der Waals surface area contributed by atoms with Gasteiger partial charge in [-0.2, -0.15) is 0 Å². The Morgan fingerprint density at radius 3 is 2.79 bits per heavy atom. The van der Waals surface area contributed by atoms with Crippen LogP contribution in [0.25, 0.3) is 0 Å². The Balaban J connectivity index is 1.64. The summed E-state index contributed by atoms with van der Waals surface area (Å²) in [7, 11) is 1.59. The van der Waals surface area contributed by atoms with Gasteiger partial charge >= 0.3 is 6.03 Å². The van der Waals surface area contributed by atoms with Crippen LogP contribution in [0.15, 0.2) is 42.6 Å². The number of hydrogen-bond donors (Lipinski definition) is 4. The molecule has 1 aromatic carbocycles. The lowest BCUT2D eigenvalue weighted by molar-refractivity contribution is 0.0904. The minimum atomic E-state index is -0.385. The maximum absolute atomic E-state index is 12.5.